The number of benzene rings is 1. The fourth-order valence-electron chi connectivity index (χ4n) is 2.53. The number of carbonyl (C=O) groups excluding carboxylic acids is 1. The molecule has 1 amide bonds. The Bertz CT molecular complexity index is 905. The van der Waals surface area contributed by atoms with Crippen LogP contribution in [0.2, 0.25) is 0 Å². The van der Waals surface area contributed by atoms with E-state index in [1.807, 2.05) is 29.6 Å². The molecule has 120 valence electrons. The summed E-state index contributed by atoms with van der Waals surface area (Å²) in [6.07, 6.45) is 0.353. The molecule has 23 heavy (non-hydrogen) atoms. The molecule has 0 aliphatic heterocycles. The number of fused-ring (bicyclic) bond motifs is 1. The van der Waals surface area contributed by atoms with Crippen LogP contribution in [0.25, 0.3) is 10.2 Å². The molecule has 4 nitrogen and oxygen atoms in total. The minimum Gasteiger partial charge on any atom is -0.495 e. The van der Waals surface area contributed by atoms with Gasteiger partial charge in [-0.05, 0) is 36.9 Å². The first-order chi connectivity index (χ1) is 11.1. The number of hydrogen-bond acceptors (Lipinski definition) is 4. The zero-order chi connectivity index (χ0) is 16.4. The third kappa shape index (κ3) is 3.09. The van der Waals surface area contributed by atoms with Crippen molar-refractivity contribution in [2.75, 3.05) is 7.11 Å². The Morgan fingerprint density at radius 2 is 2.17 bits per heavy atom. The van der Waals surface area contributed by atoms with Crippen LogP contribution in [0.4, 0.5) is 0 Å². The van der Waals surface area contributed by atoms with E-state index in [0.717, 1.165) is 32.2 Å². The van der Waals surface area contributed by atoms with Crippen LogP contribution >= 0.6 is 22.7 Å². The van der Waals surface area contributed by atoms with Gasteiger partial charge < -0.3 is 9.30 Å². The Kier molecular flexibility index (Phi) is 4.63. The Morgan fingerprint density at radius 1 is 1.35 bits per heavy atom. The summed E-state index contributed by atoms with van der Waals surface area (Å²) < 4.78 is 8.66. The van der Waals surface area contributed by atoms with E-state index in [1.54, 1.807) is 29.8 Å². The molecule has 2 aromatic heterocycles. The van der Waals surface area contributed by atoms with Gasteiger partial charge in [-0.15, -0.1) is 11.3 Å². The molecule has 0 bridgehead atoms. The number of nitrogens with zero attached hydrogens (tertiary/aromatic N) is 2. The highest BCUT2D eigenvalue weighted by molar-refractivity contribution is 7.16. The molecule has 0 radical (unpaired) electrons. The Balaban J connectivity index is 2.12. The lowest BCUT2D eigenvalue weighted by atomic mass is 10.2. The summed E-state index contributed by atoms with van der Waals surface area (Å²) in [5.74, 6) is 0.702. The van der Waals surface area contributed by atoms with Crippen molar-refractivity contribution in [3.05, 3.63) is 44.9 Å². The molecular weight excluding hydrogens is 328 g/mol. The van der Waals surface area contributed by atoms with E-state index >= 15 is 0 Å². The van der Waals surface area contributed by atoms with Gasteiger partial charge in [0.15, 0.2) is 4.80 Å². The van der Waals surface area contributed by atoms with Gasteiger partial charge in [-0.3, -0.25) is 4.79 Å². The highest BCUT2D eigenvalue weighted by Crippen LogP contribution is 2.30. The summed E-state index contributed by atoms with van der Waals surface area (Å²) in [6, 6.07) is 7.92. The van der Waals surface area contributed by atoms with Gasteiger partial charge >= 0.3 is 0 Å². The number of hydrogen-bond donors (Lipinski definition) is 0. The fraction of sp³-hybridized carbons (Fsp3) is 0.294. The fourth-order valence-corrected chi connectivity index (χ4v) is 4.42. The van der Waals surface area contributed by atoms with Gasteiger partial charge in [-0.25, -0.2) is 0 Å². The highest BCUT2D eigenvalue weighted by atomic mass is 32.1. The largest absolute Gasteiger partial charge is 0.495 e. The Morgan fingerprint density at radius 3 is 2.83 bits per heavy atom. The number of aryl methyl sites for hydroxylation is 2. The van der Waals surface area contributed by atoms with Crippen LogP contribution < -0.4 is 9.54 Å². The zero-order valence-corrected chi connectivity index (χ0v) is 15.0. The van der Waals surface area contributed by atoms with Crippen LogP contribution in [0.15, 0.2) is 34.6 Å². The second-order valence-corrected chi connectivity index (χ2v) is 7.16. The SMILES string of the molecule is CCn1c(=NC(=O)Cc2cccs2)sc2c(C)ccc(OC)c21. The third-order valence-electron chi connectivity index (χ3n) is 3.65. The number of amides is 1. The van der Waals surface area contributed by atoms with Crippen molar-refractivity contribution in [3.63, 3.8) is 0 Å². The third-order valence-corrected chi connectivity index (χ3v) is 5.74. The molecule has 0 aliphatic carbocycles. The molecule has 0 N–H and O–H groups in total. The van der Waals surface area contributed by atoms with E-state index in [-0.39, 0.29) is 5.91 Å². The summed E-state index contributed by atoms with van der Waals surface area (Å²) >= 11 is 3.13. The minimum absolute atomic E-state index is 0.113. The highest BCUT2D eigenvalue weighted by Gasteiger charge is 2.13. The van der Waals surface area contributed by atoms with E-state index < -0.39 is 0 Å². The second-order valence-electron chi connectivity index (χ2n) is 5.15. The number of thiazole rings is 1. The van der Waals surface area contributed by atoms with Crippen molar-refractivity contribution in [1.82, 2.24) is 4.57 Å². The van der Waals surface area contributed by atoms with Gasteiger partial charge in [0.1, 0.15) is 11.3 Å². The van der Waals surface area contributed by atoms with E-state index in [2.05, 4.69) is 23.4 Å². The lowest BCUT2D eigenvalue weighted by Gasteiger charge is -2.07. The molecular formula is C17H18N2O2S2. The van der Waals surface area contributed by atoms with Crippen LogP contribution in [0.1, 0.15) is 17.4 Å². The molecule has 0 spiro atoms. The normalized spacial score (nSPS) is 12.0. The van der Waals surface area contributed by atoms with Crippen LogP contribution in [0, 0.1) is 6.92 Å². The van der Waals surface area contributed by atoms with Crippen molar-refractivity contribution < 1.29 is 9.53 Å². The van der Waals surface area contributed by atoms with Crippen molar-refractivity contribution in [2.45, 2.75) is 26.8 Å². The van der Waals surface area contributed by atoms with Crippen molar-refractivity contribution in [3.8, 4) is 5.75 Å². The van der Waals surface area contributed by atoms with E-state index in [0.29, 0.717) is 6.42 Å². The van der Waals surface area contributed by atoms with Crippen molar-refractivity contribution >= 4 is 38.8 Å². The standard InChI is InChI=1S/C17H18N2O2S2/c1-4-19-15-13(21-3)8-7-11(2)16(15)23-17(19)18-14(20)10-12-6-5-9-22-12/h5-9H,4,10H2,1-3H3. The maximum Gasteiger partial charge on any atom is 0.253 e. The van der Waals surface area contributed by atoms with Gasteiger partial charge in [0, 0.05) is 11.4 Å². The van der Waals surface area contributed by atoms with Crippen LogP contribution in [0.3, 0.4) is 0 Å². The minimum atomic E-state index is -0.113. The molecule has 0 fully saturated rings. The van der Waals surface area contributed by atoms with Crippen LogP contribution in [0.5, 0.6) is 5.75 Å². The Hall–Kier alpha value is -1.92. The number of methoxy groups -OCH3 is 1. The Labute approximate surface area is 142 Å². The summed E-state index contributed by atoms with van der Waals surface area (Å²) in [7, 11) is 1.67. The van der Waals surface area contributed by atoms with E-state index in [9.17, 15) is 4.79 Å². The van der Waals surface area contributed by atoms with Crippen molar-refractivity contribution in [1.29, 1.82) is 0 Å². The lowest BCUT2D eigenvalue weighted by molar-refractivity contribution is -0.117. The topological polar surface area (TPSA) is 43.6 Å². The first-order valence-corrected chi connectivity index (χ1v) is 9.10. The number of aromatic nitrogens is 1. The van der Waals surface area contributed by atoms with Gasteiger partial charge in [-0.1, -0.05) is 23.5 Å². The summed E-state index contributed by atoms with van der Waals surface area (Å²) in [4.78, 5) is 18.4. The molecule has 2 heterocycles. The van der Waals surface area contributed by atoms with E-state index in [1.165, 1.54) is 5.56 Å². The molecule has 6 heteroatoms. The number of ether oxygens (including phenoxy) is 1. The van der Waals surface area contributed by atoms with E-state index in [4.69, 9.17) is 4.74 Å². The predicted octanol–water partition coefficient (Wildman–Crippen LogP) is 3.77. The smallest absolute Gasteiger partial charge is 0.253 e. The van der Waals surface area contributed by atoms with Crippen LogP contribution in [-0.2, 0) is 17.8 Å². The summed E-state index contributed by atoms with van der Waals surface area (Å²) in [6.45, 7) is 4.86. The zero-order valence-electron chi connectivity index (χ0n) is 13.3. The first-order valence-electron chi connectivity index (χ1n) is 7.41. The maximum atomic E-state index is 12.3. The monoisotopic (exact) mass is 346 g/mol. The average Bonchev–Trinajstić information content (AvgIpc) is 3.15. The second kappa shape index (κ2) is 6.68. The molecule has 0 unspecified atom stereocenters. The number of thiophene rings is 1. The van der Waals surface area contributed by atoms with Gasteiger partial charge in [0.05, 0.1) is 18.2 Å². The van der Waals surface area contributed by atoms with Crippen molar-refractivity contribution in [2.24, 2.45) is 4.99 Å². The molecule has 3 aromatic rings. The van der Waals surface area contributed by atoms with Gasteiger partial charge in [-0.2, -0.15) is 4.99 Å². The molecule has 0 aliphatic rings. The average molecular weight is 346 g/mol. The van der Waals surface area contributed by atoms with Gasteiger partial charge in [0.2, 0.25) is 0 Å². The summed E-state index contributed by atoms with van der Waals surface area (Å²) in [5, 5.41) is 1.97. The quantitative estimate of drug-likeness (QED) is 0.722. The predicted molar refractivity (Wildman–Crippen MR) is 95.4 cm³/mol. The molecule has 0 atom stereocenters. The molecule has 0 saturated heterocycles. The number of rotatable bonds is 4. The van der Waals surface area contributed by atoms with Crippen LogP contribution in [-0.4, -0.2) is 17.6 Å². The number of carbonyl (C=O) groups is 1. The first kappa shape index (κ1) is 16.0. The van der Waals surface area contributed by atoms with Gasteiger partial charge in [0.25, 0.3) is 5.91 Å². The lowest BCUT2D eigenvalue weighted by Crippen LogP contribution is -2.16. The molecule has 1 aromatic carbocycles. The summed E-state index contributed by atoms with van der Waals surface area (Å²) in [5.41, 5.74) is 2.18. The maximum absolute atomic E-state index is 12.3. The molecule has 0 saturated carbocycles. The molecule has 3 rings (SSSR count).